The second-order valence-corrected chi connectivity index (χ2v) is 2.07. The molecule has 0 aromatic carbocycles. The zero-order chi connectivity index (χ0) is 8.91. The molecule has 0 aromatic heterocycles. The summed E-state index contributed by atoms with van der Waals surface area (Å²) in [5, 5.41) is 0. The highest BCUT2D eigenvalue weighted by molar-refractivity contribution is 5.29. The lowest BCUT2D eigenvalue weighted by Gasteiger charge is -2.11. The van der Waals surface area contributed by atoms with E-state index in [2.05, 4.69) is 6.58 Å². The highest BCUT2D eigenvalue weighted by atomic mass is 19.3. The fourth-order valence-electron chi connectivity index (χ4n) is 0.697. The molecule has 2 heteroatoms. The van der Waals surface area contributed by atoms with Gasteiger partial charge in [-0.15, -0.1) is 0 Å². The summed E-state index contributed by atoms with van der Waals surface area (Å²) < 4.78 is 25.5. The number of halogens is 2. The fraction of sp³-hybridized carbons (Fsp3) is 0.333. The summed E-state index contributed by atoms with van der Waals surface area (Å²) >= 11 is 0. The molecular weight excluding hydrogens is 146 g/mol. The van der Waals surface area contributed by atoms with Gasteiger partial charge in [-0.25, -0.2) is 0 Å². The molecule has 0 atom stereocenters. The molecule has 0 rings (SSSR count). The first-order valence-corrected chi connectivity index (χ1v) is 3.39. The molecule has 0 nitrogen and oxygen atoms in total. The van der Waals surface area contributed by atoms with Gasteiger partial charge in [-0.1, -0.05) is 24.8 Å². The molecule has 0 bridgehead atoms. The van der Waals surface area contributed by atoms with Crippen LogP contribution >= 0.6 is 0 Å². The van der Waals surface area contributed by atoms with Gasteiger partial charge in [-0.05, 0) is 19.9 Å². The fourth-order valence-corrected chi connectivity index (χ4v) is 0.697. The Hall–Kier alpha value is -0.920. The van der Waals surface area contributed by atoms with Crippen LogP contribution in [-0.2, 0) is 0 Å². The van der Waals surface area contributed by atoms with E-state index in [1.54, 1.807) is 19.9 Å². The number of hydrogen-bond donors (Lipinski definition) is 0. The minimum absolute atomic E-state index is 0.0185. The molecular formula is C9H12F2. The molecule has 0 aliphatic rings. The summed E-state index contributed by atoms with van der Waals surface area (Å²) in [6.45, 7) is 6.33. The van der Waals surface area contributed by atoms with Crippen molar-refractivity contribution in [2.75, 3.05) is 0 Å². The Morgan fingerprint density at radius 2 is 1.91 bits per heavy atom. The molecule has 62 valence electrons. The number of alkyl halides is 2. The van der Waals surface area contributed by atoms with Crippen LogP contribution in [0, 0.1) is 0 Å². The van der Waals surface area contributed by atoms with Gasteiger partial charge in [-0.3, -0.25) is 0 Å². The normalized spacial score (nSPS) is 14.0. The van der Waals surface area contributed by atoms with Gasteiger partial charge < -0.3 is 0 Å². The molecule has 0 saturated carbocycles. The van der Waals surface area contributed by atoms with Gasteiger partial charge in [0.15, 0.2) is 0 Å². The molecule has 0 fully saturated rings. The Kier molecular flexibility index (Phi) is 3.72. The zero-order valence-corrected chi connectivity index (χ0v) is 6.77. The molecule has 0 spiro atoms. The Bertz CT molecular complexity index is 188. The average molecular weight is 158 g/mol. The smallest absolute Gasteiger partial charge is 0.197 e. The lowest BCUT2D eigenvalue weighted by Crippen LogP contribution is -2.13. The van der Waals surface area contributed by atoms with E-state index in [0.29, 0.717) is 6.08 Å². The van der Waals surface area contributed by atoms with Crippen LogP contribution in [0.15, 0.2) is 36.5 Å². The number of hydrogen-bond acceptors (Lipinski definition) is 0. The van der Waals surface area contributed by atoms with Crippen molar-refractivity contribution in [2.24, 2.45) is 0 Å². The molecule has 0 saturated heterocycles. The summed E-state index contributed by atoms with van der Waals surface area (Å²) in [7, 11) is 0. The van der Waals surface area contributed by atoms with E-state index >= 15 is 0 Å². The first kappa shape index (κ1) is 10.1. The van der Waals surface area contributed by atoms with E-state index in [4.69, 9.17) is 0 Å². The van der Waals surface area contributed by atoms with Crippen molar-refractivity contribution in [2.45, 2.75) is 19.8 Å². The van der Waals surface area contributed by atoms with Gasteiger partial charge in [0.25, 0.3) is 5.92 Å². The summed E-state index contributed by atoms with van der Waals surface area (Å²) in [4.78, 5) is 0. The van der Waals surface area contributed by atoms with E-state index in [9.17, 15) is 8.78 Å². The third kappa shape index (κ3) is 2.66. The largest absolute Gasteiger partial charge is 0.291 e. The molecule has 0 aliphatic heterocycles. The maximum absolute atomic E-state index is 12.8. The summed E-state index contributed by atoms with van der Waals surface area (Å²) in [5.74, 6) is -2.90. The van der Waals surface area contributed by atoms with E-state index in [0.717, 1.165) is 0 Å². The zero-order valence-electron chi connectivity index (χ0n) is 6.77. The van der Waals surface area contributed by atoms with Gasteiger partial charge in [0.05, 0.1) is 0 Å². The van der Waals surface area contributed by atoms with Gasteiger partial charge in [0.1, 0.15) is 0 Å². The lowest BCUT2D eigenvalue weighted by molar-refractivity contribution is 0.101. The number of allylic oxidation sites excluding steroid dienone is 5. The monoisotopic (exact) mass is 158 g/mol. The van der Waals surface area contributed by atoms with Crippen molar-refractivity contribution >= 4 is 0 Å². The van der Waals surface area contributed by atoms with E-state index < -0.39 is 5.92 Å². The highest BCUT2D eigenvalue weighted by Crippen LogP contribution is 2.25. The van der Waals surface area contributed by atoms with E-state index in [1.807, 2.05) is 0 Å². The summed E-state index contributed by atoms with van der Waals surface area (Å²) in [5.41, 5.74) is -0.0185. The summed E-state index contributed by atoms with van der Waals surface area (Å²) in [6, 6.07) is 0. The standard InChI is InChI=1S/C9H12F2/c1-4-7-8(5-2)9(10,11)6-3/h4-7H,3H2,1-2H3/b7-4?,8-5+. The highest BCUT2D eigenvalue weighted by Gasteiger charge is 2.26. The van der Waals surface area contributed by atoms with Crippen LogP contribution in [0.25, 0.3) is 0 Å². The second kappa shape index (κ2) is 4.06. The van der Waals surface area contributed by atoms with E-state index in [1.165, 1.54) is 12.2 Å². The van der Waals surface area contributed by atoms with Crippen molar-refractivity contribution in [3.63, 3.8) is 0 Å². The molecule has 0 aliphatic carbocycles. The quantitative estimate of drug-likeness (QED) is 0.436. The van der Waals surface area contributed by atoms with Crippen LogP contribution in [-0.4, -0.2) is 5.92 Å². The topological polar surface area (TPSA) is 0 Å². The van der Waals surface area contributed by atoms with Crippen LogP contribution in [0.4, 0.5) is 8.78 Å². The van der Waals surface area contributed by atoms with Crippen molar-refractivity contribution in [3.8, 4) is 0 Å². The Morgan fingerprint density at radius 3 is 2.18 bits per heavy atom. The number of rotatable bonds is 3. The molecule has 0 amide bonds. The van der Waals surface area contributed by atoms with Crippen molar-refractivity contribution < 1.29 is 8.78 Å². The maximum atomic E-state index is 12.8. The molecule has 0 aromatic rings. The minimum atomic E-state index is -2.90. The SMILES string of the molecule is C=CC(F)(F)/C(C=CC)=C/C. The van der Waals surface area contributed by atoms with Gasteiger partial charge in [0.2, 0.25) is 0 Å². The van der Waals surface area contributed by atoms with Crippen LogP contribution < -0.4 is 0 Å². The van der Waals surface area contributed by atoms with Crippen molar-refractivity contribution in [1.82, 2.24) is 0 Å². The summed E-state index contributed by atoms with van der Waals surface area (Å²) in [6.07, 6.45) is 4.97. The Balaban J connectivity index is 4.65. The van der Waals surface area contributed by atoms with Crippen LogP contribution in [0.2, 0.25) is 0 Å². The lowest BCUT2D eigenvalue weighted by atomic mass is 10.1. The maximum Gasteiger partial charge on any atom is 0.291 e. The van der Waals surface area contributed by atoms with Crippen molar-refractivity contribution in [3.05, 3.63) is 36.5 Å². The first-order chi connectivity index (χ1) is 5.08. The molecule has 0 heterocycles. The minimum Gasteiger partial charge on any atom is -0.197 e. The first-order valence-electron chi connectivity index (χ1n) is 3.39. The predicted molar refractivity (Wildman–Crippen MR) is 43.7 cm³/mol. The van der Waals surface area contributed by atoms with Crippen LogP contribution in [0.5, 0.6) is 0 Å². The third-order valence-corrected chi connectivity index (χ3v) is 1.30. The van der Waals surface area contributed by atoms with E-state index in [-0.39, 0.29) is 5.57 Å². The Morgan fingerprint density at radius 1 is 1.36 bits per heavy atom. The van der Waals surface area contributed by atoms with Gasteiger partial charge >= 0.3 is 0 Å². The van der Waals surface area contributed by atoms with Gasteiger partial charge in [0, 0.05) is 5.57 Å². The van der Waals surface area contributed by atoms with Gasteiger partial charge in [-0.2, -0.15) is 8.78 Å². The van der Waals surface area contributed by atoms with Crippen LogP contribution in [0.1, 0.15) is 13.8 Å². The molecule has 0 radical (unpaired) electrons. The third-order valence-electron chi connectivity index (χ3n) is 1.30. The predicted octanol–water partition coefficient (Wildman–Crippen LogP) is 3.33. The van der Waals surface area contributed by atoms with Crippen molar-refractivity contribution in [1.29, 1.82) is 0 Å². The molecule has 11 heavy (non-hydrogen) atoms. The average Bonchev–Trinajstić information content (AvgIpc) is 2.00. The molecule has 0 N–H and O–H groups in total. The molecule has 0 unspecified atom stereocenters. The Labute approximate surface area is 65.9 Å². The second-order valence-electron chi connectivity index (χ2n) is 2.07. The van der Waals surface area contributed by atoms with Crippen LogP contribution in [0.3, 0.4) is 0 Å².